The Morgan fingerprint density at radius 2 is 2.36 bits per heavy atom. The summed E-state index contributed by atoms with van der Waals surface area (Å²) in [6.45, 7) is 1.61. The zero-order valence-corrected chi connectivity index (χ0v) is 5.94. The normalized spacial score (nSPS) is 9.55. The molecule has 5 nitrogen and oxygen atoms in total. The van der Waals surface area contributed by atoms with E-state index in [-0.39, 0.29) is 5.69 Å². The molecule has 2 N–H and O–H groups in total. The second-order valence-corrected chi connectivity index (χ2v) is 2.12. The molecule has 0 unspecified atom stereocenters. The van der Waals surface area contributed by atoms with Gasteiger partial charge in [0.15, 0.2) is 5.69 Å². The Labute approximate surface area is 63.1 Å². The quantitative estimate of drug-likeness (QED) is 0.420. The fourth-order valence-electron chi connectivity index (χ4n) is 0.708. The van der Waals surface area contributed by atoms with E-state index in [1.807, 2.05) is 0 Å². The van der Waals surface area contributed by atoms with Crippen molar-refractivity contribution in [1.82, 2.24) is 4.98 Å². The van der Waals surface area contributed by atoms with Gasteiger partial charge in [0.2, 0.25) is 12.4 Å². The number of rotatable bonds is 1. The number of hydrogen-bond donors (Lipinski definition) is 1. The molecule has 0 spiro atoms. The summed E-state index contributed by atoms with van der Waals surface area (Å²) in [6, 6.07) is 0. The van der Waals surface area contributed by atoms with E-state index in [1.54, 1.807) is 6.92 Å². The minimum absolute atomic E-state index is 0.0139. The predicted molar refractivity (Wildman–Crippen MR) is 36.5 cm³/mol. The van der Waals surface area contributed by atoms with E-state index in [0.29, 0.717) is 10.4 Å². The van der Waals surface area contributed by atoms with Crippen LogP contribution in [0.5, 0.6) is 0 Å². The smallest absolute Gasteiger partial charge is 0.273 e. The highest BCUT2D eigenvalue weighted by Gasteiger charge is 2.06. The molecular weight excluding hydrogens is 146 g/mol. The molecule has 1 rings (SSSR count). The largest absolute Gasteiger partial charge is 0.619 e. The van der Waals surface area contributed by atoms with Crippen molar-refractivity contribution < 1.29 is 9.52 Å². The first-order chi connectivity index (χ1) is 5.09. The lowest BCUT2D eigenvalue weighted by Crippen LogP contribution is -2.29. The number of nitrogens with zero attached hydrogens (tertiary/aromatic N) is 2. The SMILES string of the molecule is Cc1c[n+]([O-])cc(C(N)=O)n1. The van der Waals surface area contributed by atoms with Crippen LogP contribution in [0.25, 0.3) is 0 Å². The van der Waals surface area contributed by atoms with E-state index in [0.717, 1.165) is 6.20 Å². The number of amides is 1. The summed E-state index contributed by atoms with van der Waals surface area (Å²) >= 11 is 0. The van der Waals surface area contributed by atoms with Crippen LogP contribution in [0.3, 0.4) is 0 Å². The van der Waals surface area contributed by atoms with Gasteiger partial charge < -0.3 is 10.9 Å². The molecule has 0 radical (unpaired) electrons. The molecule has 11 heavy (non-hydrogen) atoms. The minimum atomic E-state index is -0.696. The van der Waals surface area contributed by atoms with Crippen molar-refractivity contribution in [3.63, 3.8) is 0 Å². The van der Waals surface area contributed by atoms with Crippen LogP contribution < -0.4 is 10.5 Å². The summed E-state index contributed by atoms with van der Waals surface area (Å²) in [4.78, 5) is 14.3. The Bertz CT molecular complexity index is 278. The van der Waals surface area contributed by atoms with Gasteiger partial charge in [-0.05, 0) is 6.92 Å². The maximum Gasteiger partial charge on any atom is 0.273 e. The number of hydrogen-bond acceptors (Lipinski definition) is 3. The Morgan fingerprint density at radius 1 is 1.73 bits per heavy atom. The van der Waals surface area contributed by atoms with E-state index in [4.69, 9.17) is 5.73 Å². The summed E-state index contributed by atoms with van der Waals surface area (Å²) < 4.78 is 0.502. The van der Waals surface area contributed by atoms with Gasteiger partial charge in [-0.25, -0.2) is 4.98 Å². The van der Waals surface area contributed by atoms with Crippen LogP contribution in [0.4, 0.5) is 0 Å². The maximum atomic E-state index is 10.7. The van der Waals surface area contributed by atoms with Gasteiger partial charge in [0.25, 0.3) is 5.91 Å². The van der Waals surface area contributed by atoms with Gasteiger partial charge in [0.1, 0.15) is 5.69 Å². The molecule has 0 atom stereocenters. The van der Waals surface area contributed by atoms with Crippen molar-refractivity contribution in [2.75, 3.05) is 0 Å². The first-order valence-corrected chi connectivity index (χ1v) is 2.97. The first kappa shape index (κ1) is 7.46. The van der Waals surface area contributed by atoms with Gasteiger partial charge in [-0.1, -0.05) is 0 Å². The molecule has 0 aromatic carbocycles. The van der Waals surface area contributed by atoms with E-state index >= 15 is 0 Å². The van der Waals surface area contributed by atoms with E-state index in [1.165, 1.54) is 6.20 Å². The molecule has 5 heteroatoms. The predicted octanol–water partition coefficient (Wildman–Crippen LogP) is -0.878. The van der Waals surface area contributed by atoms with Crippen LogP contribution in [-0.4, -0.2) is 10.9 Å². The molecule has 1 heterocycles. The zero-order chi connectivity index (χ0) is 8.43. The van der Waals surface area contributed by atoms with Gasteiger partial charge in [0, 0.05) is 0 Å². The molecule has 1 aromatic rings. The minimum Gasteiger partial charge on any atom is -0.619 e. The maximum absolute atomic E-state index is 10.7. The summed E-state index contributed by atoms with van der Waals surface area (Å²) in [7, 11) is 0. The van der Waals surface area contributed by atoms with E-state index in [2.05, 4.69) is 4.98 Å². The van der Waals surface area contributed by atoms with Crippen LogP contribution in [-0.2, 0) is 0 Å². The molecule has 0 aliphatic heterocycles. The molecule has 0 saturated heterocycles. The Morgan fingerprint density at radius 3 is 2.82 bits per heavy atom. The Hall–Kier alpha value is -1.65. The number of aryl methyl sites for hydroxylation is 1. The molecule has 0 fully saturated rings. The van der Waals surface area contributed by atoms with Gasteiger partial charge in [-0.15, -0.1) is 0 Å². The highest BCUT2D eigenvalue weighted by molar-refractivity contribution is 5.90. The number of primary amides is 1. The Balaban J connectivity index is 3.19. The van der Waals surface area contributed by atoms with Crippen molar-refractivity contribution in [3.8, 4) is 0 Å². The number of carbonyl (C=O) groups excluding carboxylic acids is 1. The van der Waals surface area contributed by atoms with Crippen LogP contribution >= 0.6 is 0 Å². The van der Waals surface area contributed by atoms with Crippen molar-refractivity contribution in [1.29, 1.82) is 0 Å². The third kappa shape index (κ3) is 1.64. The third-order valence-corrected chi connectivity index (χ3v) is 1.11. The van der Waals surface area contributed by atoms with Crippen LogP contribution in [0.1, 0.15) is 16.2 Å². The zero-order valence-electron chi connectivity index (χ0n) is 5.94. The summed E-state index contributed by atoms with van der Waals surface area (Å²) in [5.41, 5.74) is 5.35. The average Bonchev–Trinajstić information content (AvgIpc) is 1.85. The van der Waals surface area contributed by atoms with Gasteiger partial charge in [0.05, 0.1) is 0 Å². The van der Waals surface area contributed by atoms with Crippen molar-refractivity contribution in [2.24, 2.45) is 5.73 Å². The molecule has 58 valence electrons. The molecule has 0 aliphatic carbocycles. The van der Waals surface area contributed by atoms with Crippen molar-refractivity contribution in [3.05, 3.63) is 29.0 Å². The lowest BCUT2D eigenvalue weighted by Gasteiger charge is -1.97. The summed E-state index contributed by atoms with van der Waals surface area (Å²) in [6.07, 6.45) is 2.29. The van der Waals surface area contributed by atoms with Gasteiger partial charge in [-0.2, -0.15) is 4.73 Å². The molecule has 1 aromatic heterocycles. The number of nitrogens with two attached hydrogens (primary N) is 1. The first-order valence-electron chi connectivity index (χ1n) is 2.97. The van der Waals surface area contributed by atoms with Crippen LogP contribution in [0, 0.1) is 12.1 Å². The molecular formula is C6H7N3O2. The van der Waals surface area contributed by atoms with E-state index in [9.17, 15) is 10.0 Å². The average molecular weight is 153 g/mol. The second kappa shape index (κ2) is 2.53. The van der Waals surface area contributed by atoms with Gasteiger partial charge in [-0.3, -0.25) is 4.79 Å². The fourth-order valence-corrected chi connectivity index (χ4v) is 0.708. The standard InChI is InChI=1S/C6H7N3O2/c1-4-2-9(11)3-5(8-4)6(7)10/h2-3H,1H3,(H2,7,10). The number of carbonyl (C=O) groups is 1. The molecule has 0 bridgehead atoms. The fraction of sp³-hybridized carbons (Fsp3) is 0.167. The summed E-state index contributed by atoms with van der Waals surface area (Å²) in [5, 5.41) is 10.7. The molecule has 0 saturated carbocycles. The van der Waals surface area contributed by atoms with E-state index < -0.39 is 5.91 Å². The van der Waals surface area contributed by atoms with Crippen molar-refractivity contribution >= 4 is 5.91 Å². The van der Waals surface area contributed by atoms with Gasteiger partial charge >= 0.3 is 0 Å². The molecule has 1 amide bonds. The monoisotopic (exact) mass is 153 g/mol. The third-order valence-electron chi connectivity index (χ3n) is 1.11. The second-order valence-electron chi connectivity index (χ2n) is 2.12. The molecule has 0 aliphatic rings. The highest BCUT2D eigenvalue weighted by atomic mass is 16.5. The highest BCUT2D eigenvalue weighted by Crippen LogP contribution is 1.90. The van der Waals surface area contributed by atoms with Crippen LogP contribution in [0.2, 0.25) is 0 Å². The lowest BCUT2D eigenvalue weighted by molar-refractivity contribution is -0.606. The summed E-state index contributed by atoms with van der Waals surface area (Å²) in [5.74, 6) is -0.696. The van der Waals surface area contributed by atoms with Crippen LogP contribution in [0.15, 0.2) is 12.4 Å². The topological polar surface area (TPSA) is 82.9 Å². The van der Waals surface area contributed by atoms with Crippen molar-refractivity contribution in [2.45, 2.75) is 6.92 Å². The Kier molecular flexibility index (Phi) is 1.72. The lowest BCUT2D eigenvalue weighted by atomic mass is 10.4. The number of aromatic nitrogens is 2.